The van der Waals surface area contributed by atoms with E-state index < -0.39 is 21.9 Å². The first-order valence-electron chi connectivity index (χ1n) is 9.88. The number of methoxy groups -OCH3 is 1. The van der Waals surface area contributed by atoms with Crippen LogP contribution in [0, 0.1) is 0 Å². The van der Waals surface area contributed by atoms with Crippen molar-refractivity contribution in [3.8, 4) is 5.75 Å². The zero-order valence-electron chi connectivity index (χ0n) is 18.1. The van der Waals surface area contributed by atoms with E-state index in [9.17, 15) is 18.0 Å². The van der Waals surface area contributed by atoms with Crippen LogP contribution < -0.4 is 14.8 Å². The molecule has 0 bridgehead atoms. The first-order valence-corrected chi connectivity index (χ1v) is 12.1. The van der Waals surface area contributed by atoms with Gasteiger partial charge in [-0.1, -0.05) is 29.3 Å². The molecule has 1 amide bonds. The van der Waals surface area contributed by atoms with E-state index in [0.717, 1.165) is 0 Å². The summed E-state index contributed by atoms with van der Waals surface area (Å²) in [6, 6.07) is 14.4. The molecule has 0 saturated carbocycles. The van der Waals surface area contributed by atoms with Crippen LogP contribution in [0.1, 0.15) is 27.6 Å². The Bertz CT molecular complexity index is 1320. The van der Waals surface area contributed by atoms with Crippen molar-refractivity contribution in [2.75, 3.05) is 23.8 Å². The number of carbonyl (C=O) groups excluding carboxylic acids is 2. The van der Waals surface area contributed by atoms with Crippen LogP contribution in [-0.4, -0.2) is 34.0 Å². The third-order valence-corrected chi connectivity index (χ3v) is 6.28. The van der Waals surface area contributed by atoms with Gasteiger partial charge in [0.15, 0.2) is 0 Å². The number of hydrogen-bond donors (Lipinski definition) is 2. The molecule has 3 rings (SSSR count). The van der Waals surface area contributed by atoms with E-state index in [4.69, 9.17) is 32.7 Å². The van der Waals surface area contributed by atoms with Gasteiger partial charge in [-0.15, -0.1) is 0 Å². The van der Waals surface area contributed by atoms with Crippen LogP contribution in [0.25, 0.3) is 0 Å². The quantitative estimate of drug-likeness (QED) is 0.391. The normalized spacial score (nSPS) is 10.9. The second kappa shape index (κ2) is 10.8. The highest BCUT2D eigenvalue weighted by molar-refractivity contribution is 7.92. The molecule has 0 unspecified atom stereocenters. The van der Waals surface area contributed by atoms with Crippen LogP contribution in [0.3, 0.4) is 0 Å². The van der Waals surface area contributed by atoms with Gasteiger partial charge in [0.05, 0.1) is 18.6 Å². The lowest BCUT2D eigenvalue weighted by Gasteiger charge is -2.12. The molecule has 0 aliphatic carbocycles. The van der Waals surface area contributed by atoms with E-state index in [-0.39, 0.29) is 44.1 Å². The molecule has 0 atom stereocenters. The summed E-state index contributed by atoms with van der Waals surface area (Å²) in [5, 5.41) is 3.03. The Morgan fingerprint density at radius 3 is 2.29 bits per heavy atom. The van der Waals surface area contributed by atoms with Crippen molar-refractivity contribution in [2.45, 2.75) is 11.8 Å². The monoisotopic (exact) mass is 522 g/mol. The Kier molecular flexibility index (Phi) is 8.03. The zero-order chi connectivity index (χ0) is 24.9. The number of amides is 1. The topological polar surface area (TPSA) is 111 Å². The molecule has 0 heterocycles. The molecule has 3 aromatic rings. The maximum atomic E-state index is 12.8. The van der Waals surface area contributed by atoms with Gasteiger partial charge in [0.25, 0.3) is 15.9 Å². The van der Waals surface area contributed by atoms with Gasteiger partial charge in [-0.25, -0.2) is 13.2 Å². The Morgan fingerprint density at radius 1 is 0.941 bits per heavy atom. The summed E-state index contributed by atoms with van der Waals surface area (Å²) in [4.78, 5) is 24.6. The predicted octanol–water partition coefficient (Wildman–Crippen LogP) is 5.23. The minimum atomic E-state index is -4.00. The Hall–Kier alpha value is -3.27. The molecule has 0 saturated heterocycles. The highest BCUT2D eigenvalue weighted by Crippen LogP contribution is 2.26. The predicted molar refractivity (Wildman–Crippen MR) is 131 cm³/mol. The number of anilines is 2. The number of hydrogen-bond acceptors (Lipinski definition) is 6. The number of sulfonamides is 1. The Labute approximate surface area is 206 Å². The number of benzene rings is 3. The molecule has 178 valence electrons. The van der Waals surface area contributed by atoms with E-state index >= 15 is 0 Å². The summed E-state index contributed by atoms with van der Waals surface area (Å²) in [5.74, 6) is -0.811. The minimum absolute atomic E-state index is 0.117. The molecule has 0 radical (unpaired) electrons. The number of ether oxygens (including phenoxy) is 2. The third-order valence-electron chi connectivity index (χ3n) is 4.48. The van der Waals surface area contributed by atoms with Crippen LogP contribution in [-0.2, 0) is 14.8 Å². The van der Waals surface area contributed by atoms with Gasteiger partial charge in [-0.3, -0.25) is 9.52 Å². The highest BCUT2D eigenvalue weighted by atomic mass is 35.5. The first-order chi connectivity index (χ1) is 16.1. The lowest BCUT2D eigenvalue weighted by Crippen LogP contribution is -2.15. The summed E-state index contributed by atoms with van der Waals surface area (Å²) in [7, 11) is -2.60. The minimum Gasteiger partial charge on any atom is -0.496 e. The molecule has 3 aromatic carbocycles. The van der Waals surface area contributed by atoms with Crippen molar-refractivity contribution in [2.24, 2.45) is 0 Å². The second-order valence-corrected chi connectivity index (χ2v) is 9.44. The van der Waals surface area contributed by atoms with E-state index in [0.29, 0.717) is 5.69 Å². The number of halogens is 2. The molecule has 34 heavy (non-hydrogen) atoms. The summed E-state index contributed by atoms with van der Waals surface area (Å²) in [6.07, 6.45) is 0. The van der Waals surface area contributed by atoms with Gasteiger partial charge in [0.2, 0.25) is 0 Å². The van der Waals surface area contributed by atoms with Crippen LogP contribution in [0.5, 0.6) is 5.75 Å². The SMILES string of the molecule is CCOC(=O)c1ccc(NC(=O)c2cccc(NS(=O)(=O)c3cc(Cl)cc(Cl)c3)c2)cc1OC. The van der Waals surface area contributed by atoms with Gasteiger partial charge < -0.3 is 14.8 Å². The smallest absolute Gasteiger partial charge is 0.341 e. The Morgan fingerprint density at radius 2 is 1.65 bits per heavy atom. The Balaban J connectivity index is 1.79. The van der Waals surface area contributed by atoms with Crippen LogP contribution >= 0.6 is 23.2 Å². The number of rotatable bonds is 8. The fraction of sp³-hybridized carbons (Fsp3) is 0.130. The van der Waals surface area contributed by atoms with E-state index in [1.165, 1.54) is 67.8 Å². The molecule has 8 nitrogen and oxygen atoms in total. The molecule has 0 aliphatic heterocycles. The van der Waals surface area contributed by atoms with E-state index in [1.807, 2.05) is 0 Å². The van der Waals surface area contributed by atoms with Crippen molar-refractivity contribution < 1.29 is 27.5 Å². The largest absolute Gasteiger partial charge is 0.496 e. The lowest BCUT2D eigenvalue weighted by molar-refractivity contribution is 0.0522. The fourth-order valence-electron chi connectivity index (χ4n) is 2.97. The molecule has 11 heteroatoms. The van der Waals surface area contributed by atoms with Crippen LogP contribution in [0.4, 0.5) is 11.4 Å². The summed E-state index contributed by atoms with van der Waals surface area (Å²) in [5.41, 5.74) is 0.950. The third kappa shape index (κ3) is 6.19. The standard InChI is InChI=1S/C23H20Cl2N2O6S/c1-3-33-23(29)20-8-7-17(13-21(20)32-2)26-22(28)14-5-4-6-18(9-14)27-34(30,31)19-11-15(24)10-16(25)12-19/h4-13,27H,3H2,1-2H3,(H,26,28). The van der Waals surface area contributed by atoms with Gasteiger partial charge >= 0.3 is 5.97 Å². The maximum Gasteiger partial charge on any atom is 0.341 e. The second-order valence-electron chi connectivity index (χ2n) is 6.88. The van der Waals surface area contributed by atoms with Crippen LogP contribution in [0.2, 0.25) is 10.0 Å². The van der Waals surface area contributed by atoms with Gasteiger partial charge in [0, 0.05) is 33.0 Å². The van der Waals surface area contributed by atoms with Gasteiger partial charge in [-0.05, 0) is 55.5 Å². The summed E-state index contributed by atoms with van der Waals surface area (Å²) in [6.45, 7) is 1.91. The summed E-state index contributed by atoms with van der Waals surface area (Å²) < 4.78 is 38.0. The highest BCUT2D eigenvalue weighted by Gasteiger charge is 2.18. The summed E-state index contributed by atoms with van der Waals surface area (Å²) >= 11 is 11.8. The molecule has 2 N–H and O–H groups in total. The molecular formula is C23H20Cl2N2O6S. The van der Waals surface area contributed by atoms with Gasteiger partial charge in [-0.2, -0.15) is 0 Å². The van der Waals surface area contributed by atoms with Crippen LogP contribution in [0.15, 0.2) is 65.6 Å². The van der Waals surface area contributed by atoms with Gasteiger partial charge in [0.1, 0.15) is 11.3 Å². The fourth-order valence-corrected chi connectivity index (χ4v) is 4.75. The molecule has 0 aliphatic rings. The number of nitrogens with one attached hydrogen (secondary N) is 2. The molecule has 0 aromatic heterocycles. The van der Waals surface area contributed by atoms with Crippen molar-refractivity contribution in [1.29, 1.82) is 0 Å². The van der Waals surface area contributed by atoms with Crippen molar-refractivity contribution in [3.05, 3.63) is 81.8 Å². The molecule has 0 fully saturated rings. The maximum absolute atomic E-state index is 12.8. The number of esters is 1. The van der Waals surface area contributed by atoms with Crippen molar-refractivity contribution >= 4 is 56.5 Å². The molecule has 0 spiro atoms. The van der Waals surface area contributed by atoms with E-state index in [2.05, 4.69) is 10.0 Å². The molecular weight excluding hydrogens is 503 g/mol. The van der Waals surface area contributed by atoms with E-state index in [1.54, 1.807) is 6.92 Å². The number of carbonyl (C=O) groups is 2. The average molecular weight is 523 g/mol. The van der Waals surface area contributed by atoms with Crippen molar-refractivity contribution in [3.63, 3.8) is 0 Å². The zero-order valence-corrected chi connectivity index (χ0v) is 20.4. The average Bonchev–Trinajstić information content (AvgIpc) is 2.78. The lowest BCUT2D eigenvalue weighted by atomic mass is 10.1. The van der Waals surface area contributed by atoms with Crippen molar-refractivity contribution in [1.82, 2.24) is 0 Å². The first kappa shape index (κ1) is 25.4.